The second-order valence-corrected chi connectivity index (χ2v) is 3.65. The average molecular weight is 254 g/mol. The van der Waals surface area contributed by atoms with Gasteiger partial charge in [0.05, 0.1) is 12.7 Å². The van der Waals surface area contributed by atoms with Crippen LogP contribution in [0.4, 0.5) is 13.2 Å². The molecular weight excluding hydrogens is 243 g/mol. The topological polar surface area (TPSA) is 35.2 Å². The summed E-state index contributed by atoms with van der Waals surface area (Å²) in [6.07, 6.45) is -0.594. The molecule has 0 heterocycles. The van der Waals surface area contributed by atoms with Gasteiger partial charge in [-0.15, -0.1) is 0 Å². The first-order chi connectivity index (χ1) is 7.42. The molecule has 1 aromatic carbocycles. The molecule has 0 unspecified atom stereocenters. The van der Waals surface area contributed by atoms with E-state index in [0.717, 1.165) is 19.2 Å². The molecule has 0 amide bonds. The quantitative estimate of drug-likeness (QED) is 0.895. The lowest BCUT2D eigenvalue weighted by Gasteiger charge is -2.19. The smallest absolute Gasteiger partial charge is 0.278 e. The van der Waals surface area contributed by atoms with Crippen molar-refractivity contribution in [2.75, 3.05) is 13.7 Å². The van der Waals surface area contributed by atoms with E-state index in [2.05, 4.69) is 4.74 Å². The second-order valence-electron chi connectivity index (χ2n) is 3.21. The molecule has 90 valence electrons. The first-order valence-corrected chi connectivity index (χ1v) is 4.91. The van der Waals surface area contributed by atoms with Crippen LogP contribution in [0.25, 0.3) is 0 Å². The third-order valence-electron chi connectivity index (χ3n) is 2.06. The van der Waals surface area contributed by atoms with Crippen molar-refractivity contribution in [1.29, 1.82) is 0 Å². The highest BCUT2D eigenvalue weighted by atomic mass is 35.5. The zero-order chi connectivity index (χ0) is 12.3. The van der Waals surface area contributed by atoms with Crippen molar-refractivity contribution < 1.29 is 17.9 Å². The van der Waals surface area contributed by atoms with Gasteiger partial charge in [-0.25, -0.2) is 13.2 Å². The van der Waals surface area contributed by atoms with Crippen LogP contribution in [-0.2, 0) is 5.92 Å². The highest BCUT2D eigenvalue weighted by Crippen LogP contribution is 2.40. The Morgan fingerprint density at radius 3 is 2.56 bits per heavy atom. The third-order valence-corrected chi connectivity index (χ3v) is 2.28. The molecule has 0 aromatic heterocycles. The average Bonchev–Trinajstić information content (AvgIpc) is 2.16. The van der Waals surface area contributed by atoms with Crippen LogP contribution in [-0.4, -0.2) is 13.7 Å². The Morgan fingerprint density at radius 1 is 1.44 bits per heavy atom. The summed E-state index contributed by atoms with van der Waals surface area (Å²) >= 11 is 5.53. The fourth-order valence-electron chi connectivity index (χ4n) is 1.36. The molecule has 0 aliphatic rings. The van der Waals surface area contributed by atoms with Gasteiger partial charge in [0.2, 0.25) is 0 Å². The van der Waals surface area contributed by atoms with Crippen LogP contribution in [0.5, 0.6) is 5.75 Å². The molecule has 16 heavy (non-hydrogen) atoms. The normalized spacial score (nSPS) is 11.6. The van der Waals surface area contributed by atoms with E-state index in [1.165, 1.54) is 0 Å². The Hall–Kier alpha value is -0.940. The van der Waals surface area contributed by atoms with Crippen LogP contribution in [0.1, 0.15) is 12.0 Å². The van der Waals surface area contributed by atoms with Crippen LogP contribution >= 0.6 is 11.6 Å². The number of halogens is 4. The summed E-state index contributed by atoms with van der Waals surface area (Å²) in [5.74, 6) is -4.67. The molecule has 6 heteroatoms. The van der Waals surface area contributed by atoms with E-state index in [1.807, 2.05) is 0 Å². The Bertz CT molecular complexity index is 385. The van der Waals surface area contributed by atoms with Gasteiger partial charge in [-0.05, 0) is 18.7 Å². The number of hydrogen-bond donors (Lipinski definition) is 1. The first-order valence-electron chi connectivity index (χ1n) is 4.53. The van der Waals surface area contributed by atoms with E-state index >= 15 is 0 Å². The van der Waals surface area contributed by atoms with Crippen molar-refractivity contribution in [3.8, 4) is 5.75 Å². The molecule has 1 aromatic rings. The molecule has 1 rings (SSSR count). The summed E-state index contributed by atoms with van der Waals surface area (Å²) in [6, 6.07) is 1.90. The minimum Gasteiger partial charge on any atom is -0.493 e. The lowest BCUT2D eigenvalue weighted by molar-refractivity contribution is -0.0132. The van der Waals surface area contributed by atoms with E-state index in [9.17, 15) is 13.2 Å². The van der Waals surface area contributed by atoms with Gasteiger partial charge in [-0.1, -0.05) is 11.6 Å². The number of methoxy groups -OCH3 is 1. The third kappa shape index (κ3) is 2.59. The molecule has 0 saturated carbocycles. The fourth-order valence-corrected chi connectivity index (χ4v) is 1.56. The van der Waals surface area contributed by atoms with Crippen molar-refractivity contribution in [3.63, 3.8) is 0 Å². The maximum Gasteiger partial charge on any atom is 0.278 e. The monoisotopic (exact) mass is 253 g/mol. The van der Waals surface area contributed by atoms with Gasteiger partial charge in [0, 0.05) is 11.4 Å². The van der Waals surface area contributed by atoms with Gasteiger partial charge in [0.1, 0.15) is 0 Å². The van der Waals surface area contributed by atoms with Crippen molar-refractivity contribution in [2.24, 2.45) is 5.73 Å². The largest absolute Gasteiger partial charge is 0.493 e. The van der Waals surface area contributed by atoms with Gasteiger partial charge in [-0.2, -0.15) is 0 Å². The second kappa shape index (κ2) is 4.93. The minimum atomic E-state index is -3.26. The van der Waals surface area contributed by atoms with E-state index in [1.54, 1.807) is 0 Å². The number of hydrogen-bond acceptors (Lipinski definition) is 2. The molecule has 0 bridgehead atoms. The summed E-state index contributed by atoms with van der Waals surface area (Å²) in [5.41, 5.74) is 4.49. The highest BCUT2D eigenvalue weighted by molar-refractivity contribution is 6.30. The zero-order valence-corrected chi connectivity index (χ0v) is 9.32. The van der Waals surface area contributed by atoms with Crippen molar-refractivity contribution in [2.45, 2.75) is 12.3 Å². The first kappa shape index (κ1) is 13.1. The Balaban J connectivity index is 3.30. The van der Waals surface area contributed by atoms with Crippen molar-refractivity contribution in [3.05, 3.63) is 28.5 Å². The van der Waals surface area contributed by atoms with Gasteiger partial charge in [0.15, 0.2) is 11.6 Å². The Kier molecular flexibility index (Phi) is 4.04. The lowest BCUT2D eigenvalue weighted by atomic mass is 10.0. The summed E-state index contributed by atoms with van der Waals surface area (Å²) in [6.45, 7) is -0.218. The standard InChI is InChI=1S/C10H11ClF3NO/c1-16-9-7(10(13,14)2-3-15)4-6(11)5-8(9)12/h4-5H,2-3,15H2,1H3. The number of nitrogens with two attached hydrogens (primary N) is 1. The van der Waals surface area contributed by atoms with Crippen LogP contribution in [0.15, 0.2) is 12.1 Å². The van der Waals surface area contributed by atoms with E-state index in [4.69, 9.17) is 17.3 Å². The summed E-state index contributed by atoms with van der Waals surface area (Å²) in [5, 5.41) is -0.106. The lowest BCUT2D eigenvalue weighted by Crippen LogP contribution is -2.20. The molecular formula is C10H11ClF3NO. The number of rotatable bonds is 4. The molecule has 0 saturated heterocycles. The summed E-state index contributed by atoms with van der Waals surface area (Å²) in [4.78, 5) is 0. The predicted octanol–water partition coefficient (Wildman–Crippen LogP) is 2.93. The fraction of sp³-hybridized carbons (Fsp3) is 0.400. The molecule has 0 atom stereocenters. The van der Waals surface area contributed by atoms with Crippen molar-refractivity contribution in [1.82, 2.24) is 0 Å². The van der Waals surface area contributed by atoms with Crippen LogP contribution < -0.4 is 10.5 Å². The van der Waals surface area contributed by atoms with Crippen LogP contribution in [0.3, 0.4) is 0 Å². The van der Waals surface area contributed by atoms with E-state index < -0.39 is 29.5 Å². The van der Waals surface area contributed by atoms with Crippen molar-refractivity contribution >= 4 is 11.6 Å². The van der Waals surface area contributed by atoms with Gasteiger partial charge < -0.3 is 10.5 Å². The molecule has 2 nitrogen and oxygen atoms in total. The maximum absolute atomic E-state index is 13.6. The molecule has 0 spiro atoms. The molecule has 0 fully saturated rings. The molecule has 0 aliphatic heterocycles. The summed E-state index contributed by atoms with van der Waals surface area (Å²) in [7, 11) is 1.12. The van der Waals surface area contributed by atoms with Crippen LogP contribution in [0, 0.1) is 5.82 Å². The number of benzene rings is 1. The van der Waals surface area contributed by atoms with Gasteiger partial charge >= 0.3 is 0 Å². The number of alkyl halides is 2. The van der Waals surface area contributed by atoms with E-state index in [-0.39, 0.29) is 11.6 Å². The van der Waals surface area contributed by atoms with Gasteiger partial charge in [-0.3, -0.25) is 0 Å². The molecule has 0 radical (unpaired) electrons. The minimum absolute atomic E-state index is 0.106. The van der Waals surface area contributed by atoms with Crippen LogP contribution in [0.2, 0.25) is 5.02 Å². The van der Waals surface area contributed by atoms with E-state index in [0.29, 0.717) is 0 Å². The maximum atomic E-state index is 13.6. The molecule has 2 N–H and O–H groups in total. The molecule has 0 aliphatic carbocycles. The number of ether oxygens (including phenoxy) is 1. The Morgan fingerprint density at radius 2 is 2.06 bits per heavy atom. The SMILES string of the molecule is COc1c(F)cc(Cl)cc1C(F)(F)CCN. The highest BCUT2D eigenvalue weighted by Gasteiger charge is 2.35. The van der Waals surface area contributed by atoms with Gasteiger partial charge in [0.25, 0.3) is 5.92 Å². The zero-order valence-electron chi connectivity index (χ0n) is 8.57. The predicted molar refractivity (Wildman–Crippen MR) is 55.5 cm³/mol. The Labute approximate surface area is 96.1 Å². The summed E-state index contributed by atoms with van der Waals surface area (Å²) < 4.78 is 45.1.